The molecule has 0 aromatic carbocycles. The van der Waals surface area contributed by atoms with E-state index in [1.54, 1.807) is 6.08 Å². The maximum absolute atomic E-state index is 9.32. The summed E-state index contributed by atoms with van der Waals surface area (Å²) in [7, 11) is 2.07. The van der Waals surface area contributed by atoms with Gasteiger partial charge in [0.15, 0.2) is 0 Å². The van der Waals surface area contributed by atoms with Gasteiger partial charge in [0, 0.05) is 6.20 Å². The Balaban J connectivity index is 2.95. The number of hydrogen-bond acceptors (Lipinski definition) is 3. The fourth-order valence-electron chi connectivity index (χ4n) is 1.90. The fraction of sp³-hybridized carbons (Fsp3) is 0.500. The molecule has 0 amide bonds. The van der Waals surface area contributed by atoms with Gasteiger partial charge in [-0.05, 0) is 39.1 Å². The van der Waals surface area contributed by atoms with Gasteiger partial charge in [-0.15, -0.1) is 0 Å². The van der Waals surface area contributed by atoms with Crippen molar-refractivity contribution in [1.82, 2.24) is 4.90 Å². The lowest BCUT2D eigenvalue weighted by molar-refractivity contribution is 0.218. The predicted molar refractivity (Wildman–Crippen MR) is 62.6 cm³/mol. The first-order valence-electron chi connectivity index (χ1n) is 5.10. The Labute approximate surface area is 91.4 Å². The summed E-state index contributed by atoms with van der Waals surface area (Å²) in [5.74, 6) is 0. The van der Waals surface area contributed by atoms with Crippen molar-refractivity contribution in [2.75, 3.05) is 20.1 Å². The van der Waals surface area contributed by atoms with Crippen LogP contribution in [0.1, 0.15) is 12.8 Å². The molecule has 0 N–H and O–H groups in total. The van der Waals surface area contributed by atoms with Gasteiger partial charge in [0.25, 0.3) is 0 Å². The predicted octanol–water partition coefficient (Wildman–Crippen LogP) is 1.99. The van der Waals surface area contributed by atoms with E-state index in [0.29, 0.717) is 0 Å². The zero-order valence-corrected chi connectivity index (χ0v) is 9.24. The molecule has 0 aromatic heterocycles. The molecular weight excluding hydrogens is 186 g/mol. The third kappa shape index (κ3) is 2.34. The Morgan fingerprint density at radius 3 is 2.47 bits per heavy atom. The monoisotopic (exact) mass is 203 g/mol. The molecule has 0 aliphatic carbocycles. The molecule has 3 nitrogen and oxygen atoms in total. The van der Waals surface area contributed by atoms with Crippen molar-refractivity contribution in [3.63, 3.8) is 0 Å². The van der Waals surface area contributed by atoms with Crippen LogP contribution in [0.2, 0.25) is 0 Å². The smallest absolute Gasteiger partial charge is 0.102 e. The molecule has 0 bridgehead atoms. The Kier molecular flexibility index (Phi) is 3.81. The highest BCUT2D eigenvalue weighted by atomic mass is 15.1. The lowest BCUT2D eigenvalue weighted by atomic mass is 9.75. The molecule has 1 heterocycles. The minimum atomic E-state index is -0.456. The number of allylic oxidation sites excluding steroid dienone is 1. The minimum absolute atomic E-state index is 0.456. The van der Waals surface area contributed by atoms with Crippen molar-refractivity contribution in [1.29, 1.82) is 5.26 Å². The quantitative estimate of drug-likeness (QED) is 0.658. The normalized spacial score (nSPS) is 21.7. The van der Waals surface area contributed by atoms with Gasteiger partial charge in [0.2, 0.25) is 0 Å². The van der Waals surface area contributed by atoms with Gasteiger partial charge >= 0.3 is 0 Å². The van der Waals surface area contributed by atoms with Crippen molar-refractivity contribution in [2.24, 2.45) is 10.4 Å². The lowest BCUT2D eigenvalue weighted by Gasteiger charge is -2.35. The van der Waals surface area contributed by atoms with Gasteiger partial charge in [0.1, 0.15) is 5.41 Å². The van der Waals surface area contributed by atoms with E-state index >= 15 is 0 Å². The first kappa shape index (κ1) is 11.7. The zero-order chi connectivity index (χ0) is 11.3. The number of piperidine rings is 1. The molecule has 0 spiro atoms. The summed E-state index contributed by atoms with van der Waals surface area (Å²) >= 11 is 0. The van der Waals surface area contributed by atoms with Gasteiger partial charge in [-0.25, -0.2) is 0 Å². The van der Waals surface area contributed by atoms with E-state index in [-0.39, 0.29) is 0 Å². The van der Waals surface area contributed by atoms with E-state index in [1.165, 1.54) is 6.20 Å². The summed E-state index contributed by atoms with van der Waals surface area (Å²) < 4.78 is 0. The van der Waals surface area contributed by atoms with E-state index in [1.807, 2.05) is 0 Å². The summed E-state index contributed by atoms with van der Waals surface area (Å²) in [6.07, 6.45) is 4.79. The minimum Gasteiger partial charge on any atom is -0.306 e. The Bertz CT molecular complexity index is 314. The molecule has 80 valence electrons. The lowest BCUT2D eigenvalue weighted by Crippen LogP contribution is -2.41. The topological polar surface area (TPSA) is 39.4 Å². The van der Waals surface area contributed by atoms with Crippen LogP contribution in [0.15, 0.2) is 30.4 Å². The number of aliphatic imine (C=N–C) groups is 1. The van der Waals surface area contributed by atoms with Crippen LogP contribution in [0.3, 0.4) is 0 Å². The first-order chi connectivity index (χ1) is 7.18. The second-order valence-corrected chi connectivity index (χ2v) is 3.90. The third-order valence-electron chi connectivity index (χ3n) is 2.97. The fourth-order valence-corrected chi connectivity index (χ4v) is 1.90. The SMILES string of the molecule is C=CN=C(C=C)C1(C#N)CCN(C)CC1. The number of nitrogens with zero attached hydrogens (tertiary/aromatic N) is 3. The van der Waals surface area contributed by atoms with Crippen LogP contribution in [0.4, 0.5) is 0 Å². The highest BCUT2D eigenvalue weighted by Gasteiger charge is 2.37. The molecule has 15 heavy (non-hydrogen) atoms. The van der Waals surface area contributed by atoms with Gasteiger partial charge in [0.05, 0.1) is 11.8 Å². The summed E-state index contributed by atoms with van der Waals surface area (Å²) in [5, 5.41) is 9.32. The number of hydrogen-bond donors (Lipinski definition) is 0. The first-order valence-corrected chi connectivity index (χ1v) is 5.10. The second-order valence-electron chi connectivity index (χ2n) is 3.90. The van der Waals surface area contributed by atoms with E-state index in [9.17, 15) is 5.26 Å². The molecule has 1 aliphatic rings. The standard InChI is InChI=1S/C12H17N3/c1-4-11(14-5-2)12(10-13)6-8-15(3)9-7-12/h4-5H,1-2,6-9H2,3H3. The molecule has 3 heteroatoms. The van der Waals surface area contributed by atoms with Gasteiger partial charge in [-0.2, -0.15) is 5.26 Å². The molecule has 1 fully saturated rings. The van der Waals surface area contributed by atoms with Crippen LogP contribution in [-0.4, -0.2) is 30.7 Å². The molecule has 1 aliphatic heterocycles. The van der Waals surface area contributed by atoms with Crippen molar-refractivity contribution in [2.45, 2.75) is 12.8 Å². The van der Waals surface area contributed by atoms with Crippen molar-refractivity contribution in [3.8, 4) is 6.07 Å². The zero-order valence-electron chi connectivity index (χ0n) is 9.24. The molecule has 0 atom stereocenters. The average Bonchev–Trinajstić information content (AvgIpc) is 2.28. The molecule has 0 saturated carbocycles. The highest BCUT2D eigenvalue weighted by molar-refractivity contribution is 6.01. The summed E-state index contributed by atoms with van der Waals surface area (Å²) in [6, 6.07) is 2.40. The molecule has 1 rings (SSSR count). The Morgan fingerprint density at radius 1 is 1.47 bits per heavy atom. The Morgan fingerprint density at radius 2 is 2.07 bits per heavy atom. The summed E-state index contributed by atoms with van der Waals surface area (Å²) in [6.45, 7) is 9.15. The molecular formula is C12H17N3. The van der Waals surface area contributed by atoms with Crippen LogP contribution in [0, 0.1) is 16.7 Å². The Hall–Kier alpha value is -1.40. The average molecular weight is 203 g/mol. The van der Waals surface area contributed by atoms with Crippen LogP contribution >= 0.6 is 0 Å². The largest absolute Gasteiger partial charge is 0.306 e. The van der Waals surface area contributed by atoms with Crippen LogP contribution in [0.25, 0.3) is 0 Å². The number of rotatable bonds is 3. The van der Waals surface area contributed by atoms with Crippen LogP contribution in [0.5, 0.6) is 0 Å². The molecule has 0 radical (unpaired) electrons. The van der Waals surface area contributed by atoms with Gasteiger partial charge in [-0.3, -0.25) is 4.99 Å². The number of likely N-dealkylation sites (tertiary alicyclic amines) is 1. The van der Waals surface area contributed by atoms with Crippen LogP contribution in [-0.2, 0) is 0 Å². The molecule has 1 saturated heterocycles. The number of nitriles is 1. The van der Waals surface area contributed by atoms with Gasteiger partial charge in [-0.1, -0.05) is 13.2 Å². The van der Waals surface area contributed by atoms with Crippen molar-refractivity contribution >= 4 is 5.71 Å². The van der Waals surface area contributed by atoms with E-state index in [4.69, 9.17) is 0 Å². The van der Waals surface area contributed by atoms with Gasteiger partial charge < -0.3 is 4.90 Å². The maximum atomic E-state index is 9.32. The molecule has 0 unspecified atom stereocenters. The van der Waals surface area contributed by atoms with E-state index < -0.39 is 5.41 Å². The summed E-state index contributed by atoms with van der Waals surface area (Å²) in [4.78, 5) is 6.38. The maximum Gasteiger partial charge on any atom is 0.102 e. The highest BCUT2D eigenvalue weighted by Crippen LogP contribution is 2.32. The second kappa shape index (κ2) is 4.90. The van der Waals surface area contributed by atoms with E-state index in [2.05, 4.69) is 36.2 Å². The van der Waals surface area contributed by atoms with Crippen molar-refractivity contribution < 1.29 is 0 Å². The van der Waals surface area contributed by atoms with Crippen molar-refractivity contribution in [3.05, 3.63) is 25.4 Å². The summed E-state index contributed by atoms with van der Waals surface area (Å²) in [5.41, 5.74) is 0.302. The van der Waals surface area contributed by atoms with E-state index in [0.717, 1.165) is 31.6 Å². The third-order valence-corrected chi connectivity index (χ3v) is 2.97. The van der Waals surface area contributed by atoms with Crippen LogP contribution < -0.4 is 0 Å². The molecule has 0 aromatic rings.